The van der Waals surface area contributed by atoms with Crippen molar-refractivity contribution >= 4 is 37.3 Å². The molecule has 0 radical (unpaired) electrons. The minimum Gasteiger partial charge on any atom is -0.329 e. The van der Waals surface area contributed by atoms with E-state index in [0.29, 0.717) is 15.2 Å². The summed E-state index contributed by atoms with van der Waals surface area (Å²) in [4.78, 5) is 0. The Labute approximate surface area is 114 Å². The number of rotatable bonds is 4. The van der Waals surface area contributed by atoms with Crippen LogP contribution in [0, 0.1) is 0 Å². The van der Waals surface area contributed by atoms with Crippen molar-refractivity contribution in [1.82, 2.24) is 4.72 Å². The van der Waals surface area contributed by atoms with Crippen LogP contribution in [0.4, 0.5) is 0 Å². The van der Waals surface area contributed by atoms with Gasteiger partial charge in [0.25, 0.3) is 10.0 Å². The summed E-state index contributed by atoms with van der Waals surface area (Å²) in [5.41, 5.74) is 5.29. The SMILES string of the molecule is NCC1(NS(=O)(=O)c2sccc2Br)CCCC1. The lowest BCUT2D eigenvalue weighted by molar-refractivity contribution is 0.400. The van der Waals surface area contributed by atoms with Gasteiger partial charge in [-0.25, -0.2) is 13.1 Å². The highest BCUT2D eigenvalue weighted by atomic mass is 79.9. The van der Waals surface area contributed by atoms with Gasteiger partial charge in [-0.3, -0.25) is 0 Å². The van der Waals surface area contributed by atoms with Gasteiger partial charge in [-0.05, 0) is 40.2 Å². The van der Waals surface area contributed by atoms with Crippen molar-refractivity contribution in [3.05, 3.63) is 15.9 Å². The first-order valence-corrected chi connectivity index (χ1v) is 8.62. The first-order valence-electron chi connectivity index (χ1n) is 5.46. The third-order valence-electron chi connectivity index (χ3n) is 3.13. The molecule has 1 aliphatic carbocycles. The normalized spacial score (nSPS) is 19.6. The molecule has 1 saturated carbocycles. The van der Waals surface area contributed by atoms with Gasteiger partial charge in [0.2, 0.25) is 0 Å². The minimum atomic E-state index is -3.46. The summed E-state index contributed by atoms with van der Waals surface area (Å²) >= 11 is 4.46. The smallest absolute Gasteiger partial charge is 0.251 e. The minimum absolute atomic E-state index is 0.331. The van der Waals surface area contributed by atoms with Crippen molar-refractivity contribution in [3.8, 4) is 0 Å². The van der Waals surface area contributed by atoms with E-state index in [1.807, 2.05) is 0 Å². The molecule has 0 saturated heterocycles. The van der Waals surface area contributed by atoms with Crippen molar-refractivity contribution < 1.29 is 8.42 Å². The van der Waals surface area contributed by atoms with E-state index in [9.17, 15) is 8.42 Å². The number of nitrogens with two attached hydrogens (primary N) is 1. The predicted octanol–water partition coefficient (Wildman–Crippen LogP) is 2.06. The monoisotopic (exact) mass is 338 g/mol. The fourth-order valence-electron chi connectivity index (χ4n) is 2.20. The van der Waals surface area contributed by atoms with E-state index in [0.717, 1.165) is 25.7 Å². The molecule has 0 aliphatic heterocycles. The lowest BCUT2D eigenvalue weighted by Gasteiger charge is -2.27. The Kier molecular flexibility index (Phi) is 3.94. The molecule has 0 bridgehead atoms. The number of hydrogen-bond acceptors (Lipinski definition) is 4. The van der Waals surface area contributed by atoms with Crippen molar-refractivity contribution in [3.63, 3.8) is 0 Å². The fourth-order valence-corrected chi connectivity index (χ4v) is 6.01. The zero-order valence-electron chi connectivity index (χ0n) is 9.28. The molecule has 0 aromatic carbocycles. The van der Waals surface area contributed by atoms with Crippen LogP contribution < -0.4 is 10.5 Å². The van der Waals surface area contributed by atoms with Crippen molar-refractivity contribution in [1.29, 1.82) is 0 Å². The average Bonchev–Trinajstić information content (AvgIpc) is 2.87. The second-order valence-electron chi connectivity index (χ2n) is 4.35. The van der Waals surface area contributed by atoms with Crippen molar-refractivity contribution in [2.75, 3.05) is 6.54 Å². The van der Waals surface area contributed by atoms with E-state index in [1.165, 1.54) is 11.3 Å². The summed E-state index contributed by atoms with van der Waals surface area (Å²) < 4.78 is 28.2. The molecule has 3 N–H and O–H groups in total. The molecule has 4 nitrogen and oxygen atoms in total. The van der Waals surface area contributed by atoms with Crippen molar-refractivity contribution in [2.24, 2.45) is 5.73 Å². The molecular formula is C10H15BrN2O2S2. The lowest BCUT2D eigenvalue weighted by atomic mass is 10.0. The van der Waals surface area contributed by atoms with E-state index in [-0.39, 0.29) is 0 Å². The van der Waals surface area contributed by atoms with E-state index >= 15 is 0 Å². The van der Waals surface area contributed by atoms with Gasteiger partial charge in [-0.1, -0.05) is 12.8 Å². The molecule has 96 valence electrons. The molecule has 1 aliphatic rings. The van der Waals surface area contributed by atoms with Crippen LogP contribution in [-0.2, 0) is 10.0 Å². The first-order chi connectivity index (χ1) is 7.99. The van der Waals surface area contributed by atoms with Crippen LogP contribution in [0.2, 0.25) is 0 Å². The Balaban J connectivity index is 2.26. The third kappa shape index (κ3) is 2.73. The van der Waals surface area contributed by atoms with Crippen LogP contribution in [-0.4, -0.2) is 20.5 Å². The Hall–Kier alpha value is 0.0500. The molecule has 1 fully saturated rings. The molecule has 2 rings (SSSR count). The fraction of sp³-hybridized carbons (Fsp3) is 0.600. The second-order valence-corrected chi connectivity index (χ2v) is 8.00. The number of halogens is 1. The topological polar surface area (TPSA) is 72.2 Å². The molecule has 1 heterocycles. The standard InChI is InChI=1S/C10H15BrN2O2S2/c11-8-3-6-16-9(8)17(14,15)13-10(7-12)4-1-2-5-10/h3,6,13H,1-2,4-5,7,12H2. The summed E-state index contributed by atoms with van der Waals surface area (Å²) in [7, 11) is -3.46. The van der Waals surface area contributed by atoms with E-state index in [2.05, 4.69) is 20.7 Å². The summed E-state index contributed by atoms with van der Waals surface area (Å²) in [6, 6.07) is 1.74. The number of nitrogens with one attached hydrogen (secondary N) is 1. The highest BCUT2D eigenvalue weighted by Crippen LogP contribution is 2.33. The maximum Gasteiger partial charge on any atom is 0.251 e. The van der Waals surface area contributed by atoms with Crippen LogP contribution >= 0.6 is 27.3 Å². The van der Waals surface area contributed by atoms with Gasteiger partial charge >= 0.3 is 0 Å². The van der Waals surface area contributed by atoms with Crippen LogP contribution in [0.15, 0.2) is 20.1 Å². The van der Waals surface area contributed by atoms with Crippen LogP contribution in [0.3, 0.4) is 0 Å². The molecule has 1 aromatic heterocycles. The van der Waals surface area contributed by atoms with E-state index < -0.39 is 15.6 Å². The van der Waals surface area contributed by atoms with Gasteiger partial charge in [-0.2, -0.15) is 0 Å². The largest absolute Gasteiger partial charge is 0.329 e. The van der Waals surface area contributed by atoms with Crippen molar-refractivity contribution in [2.45, 2.75) is 35.4 Å². The zero-order chi connectivity index (χ0) is 12.5. The van der Waals surface area contributed by atoms with Gasteiger partial charge in [0, 0.05) is 16.6 Å². The molecule has 1 aromatic rings. The van der Waals surface area contributed by atoms with Gasteiger partial charge in [0.05, 0.1) is 0 Å². The molecule has 0 atom stereocenters. The Morgan fingerprint density at radius 2 is 2.12 bits per heavy atom. The van der Waals surface area contributed by atoms with Gasteiger partial charge in [0.1, 0.15) is 4.21 Å². The summed E-state index contributed by atoms with van der Waals surface area (Å²) in [5, 5.41) is 1.75. The number of hydrogen-bond donors (Lipinski definition) is 2. The van der Waals surface area contributed by atoms with Gasteiger partial charge in [0.15, 0.2) is 0 Å². The highest BCUT2D eigenvalue weighted by Gasteiger charge is 2.37. The van der Waals surface area contributed by atoms with E-state index in [1.54, 1.807) is 11.4 Å². The van der Waals surface area contributed by atoms with E-state index in [4.69, 9.17) is 5.73 Å². The Morgan fingerprint density at radius 1 is 1.47 bits per heavy atom. The highest BCUT2D eigenvalue weighted by molar-refractivity contribution is 9.10. The molecule has 0 amide bonds. The summed E-state index contributed by atoms with van der Waals surface area (Å²) in [5.74, 6) is 0. The Bertz CT molecular complexity index is 492. The molecule has 17 heavy (non-hydrogen) atoms. The first kappa shape index (κ1) is 13.5. The number of thiophene rings is 1. The quantitative estimate of drug-likeness (QED) is 0.882. The van der Waals surface area contributed by atoms with Crippen LogP contribution in [0.5, 0.6) is 0 Å². The maximum absolute atomic E-state index is 12.2. The molecular weight excluding hydrogens is 324 g/mol. The average molecular weight is 339 g/mol. The Morgan fingerprint density at radius 3 is 2.59 bits per heavy atom. The van der Waals surface area contributed by atoms with Crippen LogP contribution in [0.1, 0.15) is 25.7 Å². The maximum atomic E-state index is 12.2. The molecule has 7 heteroatoms. The lowest BCUT2D eigenvalue weighted by Crippen LogP contribution is -2.51. The number of sulfonamides is 1. The summed E-state index contributed by atoms with van der Waals surface area (Å²) in [6.07, 6.45) is 3.72. The molecule has 0 spiro atoms. The third-order valence-corrected chi connectivity index (χ3v) is 7.38. The van der Waals surface area contributed by atoms with Crippen LogP contribution in [0.25, 0.3) is 0 Å². The zero-order valence-corrected chi connectivity index (χ0v) is 12.5. The van der Waals surface area contributed by atoms with Gasteiger partial charge in [-0.15, -0.1) is 11.3 Å². The predicted molar refractivity (Wildman–Crippen MR) is 72.6 cm³/mol. The van der Waals surface area contributed by atoms with Gasteiger partial charge < -0.3 is 5.73 Å². The summed E-state index contributed by atoms with van der Waals surface area (Å²) in [6.45, 7) is 0.356. The molecule has 0 unspecified atom stereocenters. The second kappa shape index (κ2) is 4.97.